The van der Waals surface area contributed by atoms with Crippen LogP contribution in [0.2, 0.25) is 15.1 Å². The lowest BCUT2D eigenvalue weighted by molar-refractivity contribution is -0.122. The van der Waals surface area contributed by atoms with E-state index >= 15 is 0 Å². The van der Waals surface area contributed by atoms with Crippen LogP contribution < -0.4 is 10.1 Å². The van der Waals surface area contributed by atoms with Gasteiger partial charge in [-0.25, -0.2) is 0 Å². The summed E-state index contributed by atoms with van der Waals surface area (Å²) < 4.78 is 5.23. The highest BCUT2D eigenvalue weighted by molar-refractivity contribution is 6.34. The van der Waals surface area contributed by atoms with Crippen LogP contribution in [0.1, 0.15) is 10.4 Å². The normalized spacial score (nSPS) is 10.1. The Balaban J connectivity index is 1.91. The molecule has 0 spiro atoms. The van der Waals surface area contributed by atoms with E-state index in [1.807, 2.05) is 0 Å². The zero-order chi connectivity index (χ0) is 16.1. The highest BCUT2D eigenvalue weighted by atomic mass is 35.5. The molecule has 0 saturated carbocycles. The lowest BCUT2D eigenvalue weighted by Gasteiger charge is -2.08. The van der Waals surface area contributed by atoms with Crippen LogP contribution in [0.3, 0.4) is 0 Å². The molecule has 4 nitrogen and oxygen atoms in total. The number of halogens is 3. The first kappa shape index (κ1) is 16.6. The predicted molar refractivity (Wildman–Crippen MR) is 85.9 cm³/mol. The van der Waals surface area contributed by atoms with E-state index in [4.69, 9.17) is 39.5 Å². The molecule has 0 aromatic heterocycles. The second-order valence-corrected chi connectivity index (χ2v) is 5.53. The number of nitrogens with one attached hydrogen (secondary N) is 1. The third-order valence-corrected chi connectivity index (χ3v) is 3.41. The van der Waals surface area contributed by atoms with E-state index in [0.29, 0.717) is 20.6 Å². The molecule has 2 aromatic carbocycles. The van der Waals surface area contributed by atoms with Gasteiger partial charge in [0.25, 0.3) is 11.8 Å². The van der Waals surface area contributed by atoms with Gasteiger partial charge in [0.15, 0.2) is 6.61 Å². The van der Waals surface area contributed by atoms with Gasteiger partial charge in [0, 0.05) is 21.7 Å². The molecule has 0 fully saturated rings. The molecule has 0 aliphatic rings. The minimum absolute atomic E-state index is 0.267. The second kappa shape index (κ2) is 7.49. The van der Waals surface area contributed by atoms with Crippen molar-refractivity contribution in [3.05, 3.63) is 63.1 Å². The predicted octanol–water partition coefficient (Wildman–Crippen LogP) is 3.98. The number of rotatable bonds is 4. The van der Waals surface area contributed by atoms with Crippen LogP contribution in [-0.4, -0.2) is 18.4 Å². The van der Waals surface area contributed by atoms with E-state index in [1.54, 1.807) is 24.3 Å². The third kappa shape index (κ3) is 4.63. The van der Waals surface area contributed by atoms with Crippen molar-refractivity contribution in [2.75, 3.05) is 6.61 Å². The highest BCUT2D eigenvalue weighted by Crippen LogP contribution is 2.27. The topological polar surface area (TPSA) is 55.4 Å². The first-order valence-electron chi connectivity index (χ1n) is 6.13. The van der Waals surface area contributed by atoms with Crippen molar-refractivity contribution in [2.45, 2.75) is 0 Å². The van der Waals surface area contributed by atoms with E-state index in [9.17, 15) is 9.59 Å². The van der Waals surface area contributed by atoms with Crippen LogP contribution >= 0.6 is 34.8 Å². The van der Waals surface area contributed by atoms with Gasteiger partial charge >= 0.3 is 0 Å². The van der Waals surface area contributed by atoms with Crippen LogP contribution in [0.25, 0.3) is 0 Å². The molecule has 0 radical (unpaired) electrons. The average molecular weight is 359 g/mol. The van der Waals surface area contributed by atoms with Crippen molar-refractivity contribution >= 4 is 46.6 Å². The number of imide groups is 1. The molecule has 0 bridgehead atoms. The third-order valence-electron chi connectivity index (χ3n) is 2.61. The molecule has 2 rings (SSSR count). The highest BCUT2D eigenvalue weighted by Gasteiger charge is 2.12. The molecular weight excluding hydrogens is 349 g/mol. The molecule has 0 aliphatic heterocycles. The smallest absolute Gasteiger partial charge is 0.264 e. The Hall–Kier alpha value is -1.75. The van der Waals surface area contributed by atoms with Gasteiger partial charge in [0.1, 0.15) is 5.75 Å². The monoisotopic (exact) mass is 357 g/mol. The van der Waals surface area contributed by atoms with E-state index in [2.05, 4.69) is 5.32 Å². The summed E-state index contributed by atoms with van der Waals surface area (Å²) >= 11 is 17.4. The summed E-state index contributed by atoms with van der Waals surface area (Å²) in [6.45, 7) is -0.362. The summed E-state index contributed by atoms with van der Waals surface area (Å²) in [5, 5.41) is 3.45. The van der Waals surface area contributed by atoms with Gasteiger partial charge in [-0.05, 0) is 36.4 Å². The fraction of sp³-hybridized carbons (Fsp3) is 0.0667. The minimum Gasteiger partial charge on any atom is -0.482 e. The van der Waals surface area contributed by atoms with Crippen molar-refractivity contribution in [2.24, 2.45) is 0 Å². The van der Waals surface area contributed by atoms with Crippen LogP contribution in [0.5, 0.6) is 5.75 Å². The van der Waals surface area contributed by atoms with Crippen molar-refractivity contribution < 1.29 is 14.3 Å². The van der Waals surface area contributed by atoms with Gasteiger partial charge in [-0.2, -0.15) is 0 Å². The molecule has 0 unspecified atom stereocenters. The number of benzene rings is 2. The number of amides is 2. The summed E-state index contributed by atoms with van der Waals surface area (Å²) in [6.07, 6.45) is 0. The maximum atomic E-state index is 11.8. The van der Waals surface area contributed by atoms with E-state index < -0.39 is 11.8 Å². The summed E-state index contributed by atoms with van der Waals surface area (Å²) in [5.74, 6) is -0.873. The number of hydrogen-bond donors (Lipinski definition) is 1. The Kier molecular flexibility index (Phi) is 5.66. The number of carbonyl (C=O) groups excluding carboxylic acids is 2. The second-order valence-electron chi connectivity index (χ2n) is 4.25. The fourth-order valence-electron chi connectivity index (χ4n) is 1.57. The zero-order valence-electron chi connectivity index (χ0n) is 11.1. The maximum Gasteiger partial charge on any atom is 0.264 e. The van der Waals surface area contributed by atoms with Gasteiger partial charge in [-0.1, -0.05) is 34.8 Å². The Morgan fingerprint density at radius 3 is 2.27 bits per heavy atom. The van der Waals surface area contributed by atoms with Crippen molar-refractivity contribution in [1.29, 1.82) is 0 Å². The SMILES string of the molecule is O=C(COc1cc(Cl)ccc1Cl)NC(=O)c1ccc(Cl)cc1. The van der Waals surface area contributed by atoms with E-state index in [1.165, 1.54) is 18.2 Å². The standard InChI is InChI=1S/C15H10Cl3NO3/c16-10-3-1-9(2-4-10)15(21)19-14(20)8-22-13-7-11(17)5-6-12(13)18/h1-7H,8H2,(H,19,20,21). The number of ether oxygens (including phenoxy) is 1. The van der Waals surface area contributed by atoms with Gasteiger partial charge in [-0.3, -0.25) is 14.9 Å². The Labute approximate surface area is 141 Å². The summed E-state index contributed by atoms with van der Waals surface area (Å²) in [6, 6.07) is 10.8. The van der Waals surface area contributed by atoms with Crippen LogP contribution in [0.4, 0.5) is 0 Å². The average Bonchev–Trinajstić information content (AvgIpc) is 2.49. The fourth-order valence-corrected chi connectivity index (χ4v) is 2.03. The van der Waals surface area contributed by atoms with Crippen molar-refractivity contribution in [1.82, 2.24) is 5.32 Å². The van der Waals surface area contributed by atoms with Gasteiger partial charge < -0.3 is 4.74 Å². The molecular formula is C15H10Cl3NO3. The maximum absolute atomic E-state index is 11.8. The van der Waals surface area contributed by atoms with Crippen LogP contribution in [0.15, 0.2) is 42.5 Å². The van der Waals surface area contributed by atoms with E-state index in [0.717, 1.165) is 0 Å². The molecule has 114 valence electrons. The lowest BCUT2D eigenvalue weighted by Crippen LogP contribution is -2.34. The van der Waals surface area contributed by atoms with Gasteiger partial charge in [0.2, 0.25) is 0 Å². The molecule has 22 heavy (non-hydrogen) atoms. The minimum atomic E-state index is -0.601. The van der Waals surface area contributed by atoms with Gasteiger partial charge in [-0.15, -0.1) is 0 Å². The molecule has 1 N–H and O–H groups in total. The molecule has 0 heterocycles. The number of carbonyl (C=O) groups is 2. The molecule has 2 aromatic rings. The molecule has 0 aliphatic carbocycles. The lowest BCUT2D eigenvalue weighted by atomic mass is 10.2. The first-order valence-corrected chi connectivity index (χ1v) is 7.26. The summed E-state index contributed by atoms with van der Waals surface area (Å²) in [4.78, 5) is 23.5. The van der Waals surface area contributed by atoms with Crippen molar-refractivity contribution in [3.8, 4) is 5.75 Å². The zero-order valence-corrected chi connectivity index (χ0v) is 13.4. The summed E-state index contributed by atoms with van der Waals surface area (Å²) in [5.41, 5.74) is 0.318. The van der Waals surface area contributed by atoms with Crippen molar-refractivity contribution in [3.63, 3.8) is 0 Å². The Bertz CT molecular complexity index is 702. The molecule has 7 heteroatoms. The summed E-state index contributed by atoms with van der Waals surface area (Å²) in [7, 11) is 0. The largest absolute Gasteiger partial charge is 0.482 e. The number of hydrogen-bond acceptors (Lipinski definition) is 3. The van der Waals surface area contributed by atoms with Crippen LogP contribution in [-0.2, 0) is 4.79 Å². The molecule has 2 amide bonds. The van der Waals surface area contributed by atoms with Crippen LogP contribution in [0, 0.1) is 0 Å². The quantitative estimate of drug-likeness (QED) is 0.899. The van der Waals surface area contributed by atoms with Gasteiger partial charge in [0.05, 0.1) is 5.02 Å². The Morgan fingerprint density at radius 2 is 1.59 bits per heavy atom. The Morgan fingerprint density at radius 1 is 0.955 bits per heavy atom. The molecule has 0 atom stereocenters. The molecule has 0 saturated heterocycles. The van der Waals surface area contributed by atoms with E-state index in [-0.39, 0.29) is 12.4 Å². The first-order chi connectivity index (χ1) is 10.5.